The van der Waals surface area contributed by atoms with Crippen molar-refractivity contribution in [1.29, 1.82) is 0 Å². The molecule has 1 aromatic carbocycles. The number of nitrogens with one attached hydrogen (secondary N) is 1. The third-order valence-corrected chi connectivity index (χ3v) is 3.97. The van der Waals surface area contributed by atoms with Crippen LogP contribution >= 0.6 is 0 Å². The van der Waals surface area contributed by atoms with Crippen molar-refractivity contribution in [2.75, 3.05) is 0 Å². The number of carboxylic acid groups (broad SMARTS) is 1. The Morgan fingerprint density at radius 1 is 1.19 bits per heavy atom. The summed E-state index contributed by atoms with van der Waals surface area (Å²) in [5, 5.41) is 9.14. The summed E-state index contributed by atoms with van der Waals surface area (Å²) in [5.41, 5.74) is 2.08. The first-order valence-corrected chi connectivity index (χ1v) is 7.05. The summed E-state index contributed by atoms with van der Waals surface area (Å²) < 4.78 is 0. The van der Waals surface area contributed by atoms with Crippen LogP contribution in [0.1, 0.15) is 24.1 Å². The highest BCUT2D eigenvalue weighted by molar-refractivity contribution is 5.70. The highest BCUT2D eigenvalue weighted by atomic mass is 16.4. The summed E-state index contributed by atoms with van der Waals surface area (Å²) in [6, 6.07) is 9.47. The molecule has 108 valence electrons. The molecule has 1 unspecified atom stereocenters. The van der Waals surface area contributed by atoms with Gasteiger partial charge in [-0.25, -0.2) is 4.98 Å². The van der Waals surface area contributed by atoms with Gasteiger partial charge in [-0.3, -0.25) is 9.59 Å². The van der Waals surface area contributed by atoms with Crippen LogP contribution in [-0.4, -0.2) is 21.0 Å². The van der Waals surface area contributed by atoms with Crippen molar-refractivity contribution in [3.8, 4) is 11.4 Å². The predicted molar refractivity (Wildman–Crippen MR) is 78.1 cm³/mol. The number of carbonyl (C=O) groups is 1. The molecule has 0 radical (unpaired) electrons. The quantitative estimate of drug-likeness (QED) is 0.826. The molecule has 2 N–H and O–H groups in total. The van der Waals surface area contributed by atoms with Gasteiger partial charge in [-0.05, 0) is 25.7 Å². The maximum absolute atomic E-state index is 12.2. The Balaban J connectivity index is 2.00. The van der Waals surface area contributed by atoms with Gasteiger partial charge in [0.05, 0.1) is 11.6 Å². The molecule has 1 aliphatic rings. The standard InChI is InChI=1S/C16H16N2O3/c19-15-12-8-6-11(16(20)21)7-9-13(12)17-14(18-15)10-4-2-1-3-5-10/h1-5,11H,6-9H2,(H,20,21)(H,17,18,19). The Labute approximate surface area is 121 Å². The van der Waals surface area contributed by atoms with Gasteiger partial charge in [0.15, 0.2) is 0 Å². The lowest BCUT2D eigenvalue weighted by molar-refractivity contribution is -0.142. The molecule has 0 spiro atoms. The second-order valence-electron chi connectivity index (χ2n) is 5.32. The molecule has 0 bridgehead atoms. The average Bonchev–Trinajstić information content (AvgIpc) is 2.71. The van der Waals surface area contributed by atoms with E-state index in [2.05, 4.69) is 9.97 Å². The summed E-state index contributed by atoms with van der Waals surface area (Å²) >= 11 is 0. The fourth-order valence-electron chi connectivity index (χ4n) is 2.76. The van der Waals surface area contributed by atoms with Gasteiger partial charge in [0, 0.05) is 11.1 Å². The van der Waals surface area contributed by atoms with Crippen LogP contribution in [0.3, 0.4) is 0 Å². The van der Waals surface area contributed by atoms with Gasteiger partial charge in [0.2, 0.25) is 0 Å². The fraction of sp³-hybridized carbons (Fsp3) is 0.312. The predicted octanol–water partition coefficient (Wildman–Crippen LogP) is 2.02. The molecule has 1 aromatic heterocycles. The highest BCUT2D eigenvalue weighted by Gasteiger charge is 2.24. The van der Waals surface area contributed by atoms with E-state index in [1.165, 1.54) is 0 Å². The molecule has 5 nitrogen and oxygen atoms in total. The van der Waals surface area contributed by atoms with Crippen LogP contribution in [0, 0.1) is 5.92 Å². The van der Waals surface area contributed by atoms with Gasteiger partial charge in [-0.2, -0.15) is 0 Å². The normalized spacial score (nSPS) is 17.8. The van der Waals surface area contributed by atoms with Crippen molar-refractivity contribution in [1.82, 2.24) is 9.97 Å². The molecule has 3 rings (SSSR count). The zero-order valence-electron chi connectivity index (χ0n) is 11.5. The maximum atomic E-state index is 12.2. The average molecular weight is 284 g/mol. The van der Waals surface area contributed by atoms with Crippen LogP contribution in [0.15, 0.2) is 35.1 Å². The number of aryl methyl sites for hydroxylation is 1. The van der Waals surface area contributed by atoms with Crippen LogP contribution < -0.4 is 5.56 Å². The van der Waals surface area contributed by atoms with Gasteiger partial charge < -0.3 is 10.1 Å². The molecule has 1 atom stereocenters. The number of benzene rings is 1. The molecule has 0 fully saturated rings. The number of aliphatic carboxylic acids is 1. The number of aromatic nitrogens is 2. The Hall–Kier alpha value is -2.43. The Morgan fingerprint density at radius 2 is 1.90 bits per heavy atom. The Bertz CT molecular complexity index is 722. The van der Waals surface area contributed by atoms with E-state index in [0.717, 1.165) is 11.3 Å². The van der Waals surface area contributed by atoms with E-state index in [4.69, 9.17) is 5.11 Å². The minimum Gasteiger partial charge on any atom is -0.481 e. The van der Waals surface area contributed by atoms with Crippen LogP contribution in [0.5, 0.6) is 0 Å². The Kier molecular flexibility index (Phi) is 3.56. The zero-order valence-corrected chi connectivity index (χ0v) is 11.5. The van der Waals surface area contributed by atoms with Crippen LogP contribution in [0.4, 0.5) is 0 Å². The van der Waals surface area contributed by atoms with E-state index in [9.17, 15) is 9.59 Å². The number of hydrogen-bond donors (Lipinski definition) is 2. The molecule has 1 heterocycles. The molecular formula is C16H16N2O3. The number of hydrogen-bond acceptors (Lipinski definition) is 3. The summed E-state index contributed by atoms with van der Waals surface area (Å²) in [6.45, 7) is 0. The van der Waals surface area contributed by atoms with E-state index < -0.39 is 11.9 Å². The van der Waals surface area contributed by atoms with Gasteiger partial charge >= 0.3 is 5.97 Å². The minimum atomic E-state index is -0.789. The summed E-state index contributed by atoms with van der Waals surface area (Å²) in [7, 11) is 0. The van der Waals surface area contributed by atoms with Gasteiger partial charge in [0.25, 0.3) is 5.56 Å². The van der Waals surface area contributed by atoms with Crippen molar-refractivity contribution in [3.05, 3.63) is 51.9 Å². The number of fused-ring (bicyclic) bond motifs is 1. The molecule has 5 heteroatoms. The molecule has 0 amide bonds. The van der Waals surface area contributed by atoms with Crippen LogP contribution in [0.2, 0.25) is 0 Å². The lowest BCUT2D eigenvalue weighted by Gasteiger charge is -2.07. The van der Waals surface area contributed by atoms with Crippen molar-refractivity contribution in [2.45, 2.75) is 25.7 Å². The molecular weight excluding hydrogens is 268 g/mol. The Morgan fingerprint density at radius 3 is 2.62 bits per heavy atom. The number of nitrogens with zero attached hydrogens (tertiary/aromatic N) is 1. The molecule has 21 heavy (non-hydrogen) atoms. The molecule has 0 saturated carbocycles. The van der Waals surface area contributed by atoms with Crippen LogP contribution in [0.25, 0.3) is 11.4 Å². The SMILES string of the molecule is O=C(O)C1CCc2nc(-c3ccccc3)[nH]c(=O)c2CC1. The van der Waals surface area contributed by atoms with Crippen molar-refractivity contribution < 1.29 is 9.90 Å². The van der Waals surface area contributed by atoms with E-state index in [-0.39, 0.29) is 5.56 Å². The molecule has 2 aromatic rings. The second-order valence-corrected chi connectivity index (χ2v) is 5.32. The molecule has 0 aliphatic heterocycles. The van der Waals surface area contributed by atoms with Gasteiger partial charge in [-0.15, -0.1) is 0 Å². The molecule has 0 saturated heterocycles. The van der Waals surface area contributed by atoms with E-state index >= 15 is 0 Å². The summed E-state index contributed by atoms with van der Waals surface area (Å²) in [6.07, 6.45) is 2.05. The zero-order chi connectivity index (χ0) is 14.8. The number of H-pyrrole nitrogens is 1. The third kappa shape index (κ3) is 2.72. The van der Waals surface area contributed by atoms with E-state index in [1.807, 2.05) is 30.3 Å². The first kappa shape index (κ1) is 13.5. The largest absolute Gasteiger partial charge is 0.481 e. The van der Waals surface area contributed by atoms with E-state index in [0.29, 0.717) is 37.1 Å². The van der Waals surface area contributed by atoms with Crippen molar-refractivity contribution in [2.24, 2.45) is 5.92 Å². The first-order chi connectivity index (χ1) is 10.1. The van der Waals surface area contributed by atoms with Crippen molar-refractivity contribution in [3.63, 3.8) is 0 Å². The monoisotopic (exact) mass is 284 g/mol. The highest BCUT2D eigenvalue weighted by Crippen LogP contribution is 2.23. The first-order valence-electron chi connectivity index (χ1n) is 7.05. The van der Waals surface area contributed by atoms with Crippen LogP contribution in [-0.2, 0) is 17.6 Å². The van der Waals surface area contributed by atoms with Gasteiger partial charge in [-0.1, -0.05) is 30.3 Å². The summed E-state index contributed by atoms with van der Waals surface area (Å²) in [5.74, 6) is -0.630. The third-order valence-electron chi connectivity index (χ3n) is 3.97. The second kappa shape index (κ2) is 5.52. The minimum absolute atomic E-state index is 0.148. The molecule has 1 aliphatic carbocycles. The van der Waals surface area contributed by atoms with Gasteiger partial charge in [0.1, 0.15) is 5.82 Å². The smallest absolute Gasteiger partial charge is 0.306 e. The van der Waals surface area contributed by atoms with E-state index in [1.54, 1.807) is 0 Å². The summed E-state index contributed by atoms with van der Waals surface area (Å²) in [4.78, 5) is 30.7. The topological polar surface area (TPSA) is 83.0 Å². The number of carboxylic acids is 1. The lowest BCUT2D eigenvalue weighted by atomic mass is 10.0. The lowest BCUT2D eigenvalue weighted by Crippen LogP contribution is -2.18. The maximum Gasteiger partial charge on any atom is 0.306 e. The number of rotatable bonds is 2. The van der Waals surface area contributed by atoms with Crippen molar-refractivity contribution >= 4 is 5.97 Å². The fourth-order valence-corrected chi connectivity index (χ4v) is 2.76. The number of aromatic amines is 1.